The molecule has 7 nitrogen and oxygen atoms in total. The van der Waals surface area contributed by atoms with Crippen molar-refractivity contribution in [2.75, 3.05) is 28.3 Å². The first-order valence-electron chi connectivity index (χ1n) is 9.43. The van der Waals surface area contributed by atoms with Crippen molar-refractivity contribution in [3.63, 3.8) is 0 Å². The van der Waals surface area contributed by atoms with Crippen LogP contribution in [0.25, 0.3) is 21.8 Å². The van der Waals surface area contributed by atoms with E-state index in [2.05, 4.69) is 29.6 Å². The third-order valence-corrected chi connectivity index (χ3v) is 5.39. The number of fused-ring (bicyclic) bond motifs is 3. The van der Waals surface area contributed by atoms with Crippen molar-refractivity contribution in [3.05, 3.63) is 35.9 Å². The summed E-state index contributed by atoms with van der Waals surface area (Å²) in [6, 6.07) is 10.1. The summed E-state index contributed by atoms with van der Waals surface area (Å²) >= 11 is 0. The van der Waals surface area contributed by atoms with Gasteiger partial charge in [-0.2, -0.15) is 0 Å². The molecule has 4 rings (SSSR count). The van der Waals surface area contributed by atoms with E-state index >= 15 is 0 Å². The molecule has 29 heavy (non-hydrogen) atoms. The van der Waals surface area contributed by atoms with Gasteiger partial charge in [-0.05, 0) is 44.2 Å². The number of nitrogens with zero attached hydrogens (tertiary/aromatic N) is 3. The largest absolute Gasteiger partial charge is 0.497 e. The highest BCUT2D eigenvalue weighted by Gasteiger charge is 2.35. The average molecular weight is 395 g/mol. The molecular weight excluding hydrogens is 370 g/mol. The predicted octanol–water partition coefficient (Wildman–Crippen LogP) is 4.35. The number of oxime groups is 1. The van der Waals surface area contributed by atoms with Gasteiger partial charge in [-0.15, -0.1) is 0 Å². The second kappa shape index (κ2) is 6.69. The number of benzene rings is 2. The zero-order chi connectivity index (χ0) is 20.9. The third kappa shape index (κ3) is 2.97. The quantitative estimate of drug-likeness (QED) is 0.488. The fraction of sp³-hybridized carbons (Fsp3) is 0.364. The Morgan fingerprint density at radius 3 is 2.41 bits per heavy atom. The highest BCUT2D eigenvalue weighted by atomic mass is 16.7. The zero-order valence-electron chi connectivity index (χ0n) is 17.6. The van der Waals surface area contributed by atoms with Crippen molar-refractivity contribution in [1.82, 2.24) is 9.47 Å². The lowest BCUT2D eigenvalue weighted by Crippen LogP contribution is -2.34. The molecule has 1 aliphatic heterocycles. The summed E-state index contributed by atoms with van der Waals surface area (Å²) in [5.41, 5.74) is 3.52. The minimum Gasteiger partial charge on any atom is -0.497 e. The average Bonchev–Trinajstić information content (AvgIpc) is 3.03. The second-order valence-corrected chi connectivity index (χ2v) is 8.07. The van der Waals surface area contributed by atoms with E-state index in [1.165, 1.54) is 4.90 Å². The maximum Gasteiger partial charge on any atom is 0.435 e. The number of aromatic nitrogens is 1. The first kappa shape index (κ1) is 19.1. The first-order valence-corrected chi connectivity index (χ1v) is 9.43. The van der Waals surface area contributed by atoms with E-state index in [-0.39, 0.29) is 5.54 Å². The lowest BCUT2D eigenvalue weighted by atomic mass is 9.88. The molecule has 0 radical (unpaired) electrons. The van der Waals surface area contributed by atoms with Crippen LogP contribution in [0.5, 0.6) is 11.5 Å². The molecule has 0 atom stereocenters. The molecule has 0 spiro atoms. The summed E-state index contributed by atoms with van der Waals surface area (Å²) in [5.74, 6) is 1.52. The molecule has 1 amide bonds. The number of carbonyl (C=O) groups excluding carboxylic acids is 1. The minimum absolute atomic E-state index is 0.264. The summed E-state index contributed by atoms with van der Waals surface area (Å²) in [6.45, 7) is 4.32. The maximum atomic E-state index is 11.9. The van der Waals surface area contributed by atoms with Crippen LogP contribution in [0.1, 0.15) is 25.8 Å². The molecule has 3 aromatic rings. The Balaban J connectivity index is 2.05. The molecule has 2 heterocycles. The number of methoxy groups -OCH3 is 2. The number of rotatable bonds is 3. The van der Waals surface area contributed by atoms with Crippen LogP contribution in [-0.4, -0.2) is 49.6 Å². The minimum atomic E-state index is -0.509. The molecule has 0 N–H and O–H groups in total. The summed E-state index contributed by atoms with van der Waals surface area (Å²) in [5, 5.41) is 6.37. The van der Waals surface area contributed by atoms with Gasteiger partial charge in [0, 0.05) is 47.9 Å². The Kier molecular flexibility index (Phi) is 4.41. The van der Waals surface area contributed by atoms with Gasteiger partial charge in [0.1, 0.15) is 11.5 Å². The van der Waals surface area contributed by atoms with Crippen LogP contribution in [0.2, 0.25) is 0 Å². The topological polar surface area (TPSA) is 65.3 Å². The highest BCUT2D eigenvalue weighted by molar-refractivity contribution is 6.19. The maximum absolute atomic E-state index is 11.9. The van der Waals surface area contributed by atoms with Gasteiger partial charge in [0.05, 0.1) is 25.4 Å². The van der Waals surface area contributed by atoms with Gasteiger partial charge in [0.15, 0.2) is 0 Å². The van der Waals surface area contributed by atoms with Crippen molar-refractivity contribution in [3.8, 4) is 11.5 Å². The molecule has 1 aromatic heterocycles. The molecule has 0 fully saturated rings. The van der Waals surface area contributed by atoms with Crippen LogP contribution in [0.4, 0.5) is 4.79 Å². The van der Waals surface area contributed by atoms with Crippen LogP contribution >= 0.6 is 0 Å². The monoisotopic (exact) mass is 395 g/mol. The number of carbonyl (C=O) groups is 1. The van der Waals surface area contributed by atoms with Crippen molar-refractivity contribution >= 4 is 33.6 Å². The number of amides is 1. The molecule has 0 aliphatic carbocycles. The van der Waals surface area contributed by atoms with E-state index in [1.54, 1.807) is 28.3 Å². The summed E-state index contributed by atoms with van der Waals surface area (Å²) in [6.07, 6.45) is 0.101. The van der Waals surface area contributed by atoms with Crippen molar-refractivity contribution < 1.29 is 19.1 Å². The van der Waals surface area contributed by atoms with Crippen molar-refractivity contribution in [1.29, 1.82) is 0 Å². The van der Waals surface area contributed by atoms with Crippen molar-refractivity contribution in [2.45, 2.75) is 25.8 Å². The van der Waals surface area contributed by atoms with Crippen molar-refractivity contribution in [2.24, 2.45) is 5.16 Å². The van der Waals surface area contributed by atoms with Crippen LogP contribution in [-0.2, 0) is 10.4 Å². The highest BCUT2D eigenvalue weighted by Crippen LogP contribution is 2.44. The van der Waals surface area contributed by atoms with E-state index in [0.717, 1.165) is 44.6 Å². The smallest absolute Gasteiger partial charge is 0.435 e. The molecule has 1 aliphatic rings. The van der Waals surface area contributed by atoms with Gasteiger partial charge in [0.2, 0.25) is 0 Å². The van der Waals surface area contributed by atoms with E-state index < -0.39 is 6.09 Å². The molecule has 0 bridgehead atoms. The molecule has 2 aromatic carbocycles. The van der Waals surface area contributed by atoms with Gasteiger partial charge in [-0.1, -0.05) is 5.16 Å². The lowest BCUT2D eigenvalue weighted by Gasteiger charge is -2.34. The number of hydrogen-bond acceptors (Lipinski definition) is 5. The lowest BCUT2D eigenvalue weighted by molar-refractivity contribution is 0.121. The molecule has 7 heteroatoms. The number of hydrogen-bond donors (Lipinski definition) is 0. The zero-order valence-corrected chi connectivity index (χ0v) is 17.6. The molecule has 0 saturated heterocycles. The van der Waals surface area contributed by atoms with Gasteiger partial charge < -0.3 is 18.9 Å². The Morgan fingerprint density at radius 2 is 1.76 bits per heavy atom. The van der Waals surface area contributed by atoms with Gasteiger partial charge in [-0.3, -0.25) is 4.84 Å². The Labute approximate surface area is 169 Å². The van der Waals surface area contributed by atoms with Gasteiger partial charge in [-0.25, -0.2) is 4.79 Å². The molecule has 152 valence electrons. The van der Waals surface area contributed by atoms with Crippen LogP contribution in [0.3, 0.4) is 0 Å². The Bertz CT molecular complexity index is 1160. The van der Waals surface area contributed by atoms with Crippen LogP contribution in [0.15, 0.2) is 35.5 Å². The summed E-state index contributed by atoms with van der Waals surface area (Å²) in [4.78, 5) is 18.4. The molecular formula is C22H25N3O4. The Morgan fingerprint density at radius 1 is 1.07 bits per heavy atom. The van der Waals surface area contributed by atoms with E-state index in [4.69, 9.17) is 14.3 Å². The van der Waals surface area contributed by atoms with Gasteiger partial charge in [0.25, 0.3) is 0 Å². The standard InChI is InChI=1S/C22H25N3O4/c1-22(2)12-18(23-29-21(26)24(3)4)17-11-14(28-6)10-16-15-9-13(27-5)7-8-19(15)25(22)20(16)17/h7-11H,12H2,1-6H3/b23-18+. The first-order chi connectivity index (χ1) is 13.8. The second-order valence-electron chi connectivity index (χ2n) is 8.07. The fourth-order valence-corrected chi connectivity index (χ4v) is 4.04. The van der Waals surface area contributed by atoms with Crippen LogP contribution in [0, 0.1) is 0 Å². The summed E-state index contributed by atoms with van der Waals surface area (Å²) in [7, 11) is 6.56. The summed E-state index contributed by atoms with van der Waals surface area (Å²) < 4.78 is 13.3. The SMILES string of the molecule is COc1ccc2c(c1)c1cc(OC)cc3c1n2C(C)(C)C/C3=N\OC(=O)N(C)C. The van der Waals surface area contributed by atoms with Crippen LogP contribution < -0.4 is 9.47 Å². The van der Waals surface area contributed by atoms with E-state index in [0.29, 0.717) is 6.42 Å². The number of ether oxygens (including phenoxy) is 2. The van der Waals surface area contributed by atoms with E-state index in [1.807, 2.05) is 24.3 Å². The molecule has 0 saturated carbocycles. The van der Waals surface area contributed by atoms with E-state index in [9.17, 15) is 4.79 Å². The third-order valence-electron chi connectivity index (χ3n) is 5.39. The molecule has 0 unspecified atom stereocenters. The van der Waals surface area contributed by atoms with Gasteiger partial charge >= 0.3 is 6.09 Å². The Hall–Kier alpha value is -3.22. The fourth-order valence-electron chi connectivity index (χ4n) is 4.04. The predicted molar refractivity (Wildman–Crippen MR) is 113 cm³/mol. The normalized spacial score (nSPS) is 16.3.